The number of rotatable bonds is 2. The maximum Gasteiger partial charge on any atom is 0.120 e. The number of thiocarbonyl (C=S) groups is 1. The van der Waals surface area contributed by atoms with Crippen LogP contribution in [-0.2, 0) is 0 Å². The van der Waals surface area contributed by atoms with Crippen LogP contribution in [0.2, 0.25) is 0 Å². The normalized spacial score (nSPS) is 19.8. The molecule has 1 unspecified atom stereocenters. The molecule has 0 saturated heterocycles. The summed E-state index contributed by atoms with van der Waals surface area (Å²) in [6.45, 7) is 0. The van der Waals surface area contributed by atoms with E-state index in [1.807, 2.05) is 24.5 Å². The van der Waals surface area contributed by atoms with Gasteiger partial charge >= 0.3 is 0 Å². The van der Waals surface area contributed by atoms with Gasteiger partial charge in [-0.05, 0) is 11.8 Å². The van der Waals surface area contributed by atoms with Crippen molar-refractivity contribution in [3.8, 4) is 6.07 Å². The standard InChI is InChI=1S/C12H10N2S3/c1-16-12-9(7-13)10(15)14-11(17-12)8-5-3-2-4-6-8/h2-6,11H,1H3,(H,14,15). The summed E-state index contributed by atoms with van der Waals surface area (Å²) in [4.78, 5) is 0.546. The Morgan fingerprint density at radius 2 is 2.12 bits per heavy atom. The van der Waals surface area contributed by atoms with Gasteiger partial charge in [-0.25, -0.2) is 0 Å². The van der Waals surface area contributed by atoms with Crippen LogP contribution in [0.15, 0.2) is 40.1 Å². The van der Waals surface area contributed by atoms with E-state index in [9.17, 15) is 0 Å². The summed E-state index contributed by atoms with van der Waals surface area (Å²) < 4.78 is 0.991. The highest BCUT2D eigenvalue weighted by Gasteiger charge is 2.25. The first kappa shape index (κ1) is 12.5. The lowest BCUT2D eigenvalue weighted by molar-refractivity contribution is 0.898. The van der Waals surface area contributed by atoms with Crippen LogP contribution in [0.5, 0.6) is 0 Å². The fraction of sp³-hybridized carbons (Fsp3) is 0.167. The van der Waals surface area contributed by atoms with Crippen molar-refractivity contribution in [1.82, 2.24) is 5.32 Å². The Morgan fingerprint density at radius 3 is 2.71 bits per heavy atom. The molecule has 2 nitrogen and oxygen atoms in total. The third kappa shape index (κ3) is 2.65. The molecule has 1 aromatic rings. The number of hydrogen-bond acceptors (Lipinski definition) is 4. The molecule has 0 bridgehead atoms. The largest absolute Gasteiger partial charge is 0.359 e. The molecule has 17 heavy (non-hydrogen) atoms. The molecule has 1 aliphatic heterocycles. The van der Waals surface area contributed by atoms with Crippen LogP contribution in [-0.4, -0.2) is 11.2 Å². The minimum absolute atomic E-state index is 0.100. The highest BCUT2D eigenvalue weighted by atomic mass is 32.2. The average Bonchev–Trinajstić information content (AvgIpc) is 2.38. The van der Waals surface area contributed by atoms with Gasteiger partial charge in [0.15, 0.2) is 0 Å². The van der Waals surface area contributed by atoms with Crippen LogP contribution >= 0.6 is 35.7 Å². The Morgan fingerprint density at radius 1 is 1.41 bits per heavy atom. The molecule has 2 rings (SSSR count). The quantitative estimate of drug-likeness (QED) is 0.838. The smallest absolute Gasteiger partial charge is 0.120 e. The Hall–Kier alpha value is -0.960. The number of hydrogen-bond donors (Lipinski definition) is 1. The molecular formula is C12H10N2S3. The Labute approximate surface area is 114 Å². The molecule has 1 atom stereocenters. The zero-order valence-electron chi connectivity index (χ0n) is 9.14. The second kappa shape index (κ2) is 5.58. The van der Waals surface area contributed by atoms with Crippen LogP contribution in [0.3, 0.4) is 0 Å². The second-order valence-electron chi connectivity index (χ2n) is 3.36. The summed E-state index contributed by atoms with van der Waals surface area (Å²) in [5.41, 5.74) is 1.76. The maximum absolute atomic E-state index is 9.06. The first-order valence-electron chi connectivity index (χ1n) is 4.97. The van der Waals surface area contributed by atoms with Crippen molar-refractivity contribution in [1.29, 1.82) is 5.26 Å². The Bertz CT molecular complexity index is 502. The lowest BCUT2D eigenvalue weighted by Gasteiger charge is -2.26. The summed E-state index contributed by atoms with van der Waals surface area (Å²) >= 11 is 8.44. The molecule has 0 radical (unpaired) electrons. The molecule has 1 aromatic carbocycles. The van der Waals surface area contributed by atoms with Gasteiger partial charge in [0, 0.05) is 0 Å². The van der Waals surface area contributed by atoms with E-state index in [1.165, 1.54) is 5.56 Å². The predicted octanol–water partition coefficient (Wildman–Crippen LogP) is 3.45. The van der Waals surface area contributed by atoms with E-state index < -0.39 is 0 Å². The van der Waals surface area contributed by atoms with Crippen LogP contribution in [0.25, 0.3) is 0 Å². The molecule has 0 saturated carbocycles. The monoisotopic (exact) mass is 278 g/mol. The van der Waals surface area contributed by atoms with Gasteiger partial charge in [0.05, 0.1) is 4.24 Å². The van der Waals surface area contributed by atoms with Gasteiger partial charge in [0.25, 0.3) is 0 Å². The van der Waals surface area contributed by atoms with Gasteiger partial charge in [0.2, 0.25) is 0 Å². The van der Waals surface area contributed by atoms with Crippen LogP contribution in [0.1, 0.15) is 10.9 Å². The average molecular weight is 278 g/mol. The molecule has 1 aliphatic rings. The van der Waals surface area contributed by atoms with Crippen molar-refractivity contribution >= 4 is 40.7 Å². The molecule has 86 valence electrons. The van der Waals surface area contributed by atoms with Crippen molar-refractivity contribution in [3.63, 3.8) is 0 Å². The van der Waals surface area contributed by atoms with Gasteiger partial charge < -0.3 is 5.32 Å². The van der Waals surface area contributed by atoms with E-state index in [2.05, 4.69) is 23.5 Å². The van der Waals surface area contributed by atoms with Gasteiger partial charge in [-0.1, -0.05) is 54.3 Å². The summed E-state index contributed by atoms with van der Waals surface area (Å²) in [5.74, 6) is 0. The fourth-order valence-corrected chi connectivity index (χ4v) is 3.95. The third-order valence-electron chi connectivity index (χ3n) is 2.32. The van der Waals surface area contributed by atoms with Crippen molar-refractivity contribution in [2.24, 2.45) is 0 Å². The van der Waals surface area contributed by atoms with E-state index in [0.717, 1.165) is 4.24 Å². The van der Waals surface area contributed by atoms with Crippen molar-refractivity contribution in [2.75, 3.05) is 6.26 Å². The van der Waals surface area contributed by atoms with Gasteiger partial charge in [0.1, 0.15) is 22.0 Å². The topological polar surface area (TPSA) is 35.8 Å². The summed E-state index contributed by atoms with van der Waals surface area (Å²) in [6, 6.07) is 12.3. The molecule has 1 N–H and O–H groups in total. The minimum atomic E-state index is 0.100. The Balaban J connectivity index is 2.31. The highest BCUT2D eigenvalue weighted by molar-refractivity contribution is 8.22. The summed E-state index contributed by atoms with van der Waals surface area (Å²) in [5, 5.41) is 12.4. The van der Waals surface area contributed by atoms with E-state index in [1.54, 1.807) is 23.5 Å². The lowest BCUT2D eigenvalue weighted by Crippen LogP contribution is -2.30. The van der Waals surface area contributed by atoms with Crippen molar-refractivity contribution in [2.45, 2.75) is 5.37 Å². The molecule has 1 heterocycles. The van der Waals surface area contributed by atoms with E-state index in [0.29, 0.717) is 10.6 Å². The highest BCUT2D eigenvalue weighted by Crippen LogP contribution is 2.42. The summed E-state index contributed by atoms with van der Waals surface area (Å²) in [6.07, 6.45) is 1.97. The van der Waals surface area contributed by atoms with Crippen LogP contribution < -0.4 is 5.32 Å². The second-order valence-corrected chi connectivity index (χ2v) is 5.96. The Kier molecular flexibility index (Phi) is 4.11. The van der Waals surface area contributed by atoms with E-state index in [4.69, 9.17) is 17.5 Å². The molecule has 0 aromatic heterocycles. The molecule has 0 aliphatic carbocycles. The summed E-state index contributed by atoms with van der Waals surface area (Å²) in [7, 11) is 0. The number of thioether (sulfide) groups is 2. The van der Waals surface area contributed by atoms with Crippen LogP contribution in [0.4, 0.5) is 0 Å². The molecule has 5 heteroatoms. The number of benzene rings is 1. The maximum atomic E-state index is 9.06. The van der Waals surface area contributed by atoms with Gasteiger partial charge in [-0.3, -0.25) is 0 Å². The molecular weight excluding hydrogens is 268 g/mol. The van der Waals surface area contributed by atoms with Crippen LogP contribution in [0, 0.1) is 11.3 Å². The number of nitrogens with zero attached hydrogens (tertiary/aromatic N) is 1. The van der Waals surface area contributed by atoms with Crippen molar-refractivity contribution < 1.29 is 0 Å². The fourth-order valence-electron chi connectivity index (χ4n) is 1.51. The SMILES string of the molecule is CSC1=C(C#N)C(=S)NC(c2ccccc2)S1. The van der Waals surface area contributed by atoms with Gasteiger partial charge in [-0.2, -0.15) is 5.26 Å². The van der Waals surface area contributed by atoms with E-state index in [-0.39, 0.29) is 5.37 Å². The third-order valence-corrected chi connectivity index (χ3v) is 5.05. The van der Waals surface area contributed by atoms with E-state index >= 15 is 0 Å². The molecule has 0 spiro atoms. The lowest BCUT2D eigenvalue weighted by atomic mass is 10.2. The first-order chi connectivity index (χ1) is 8.26. The molecule has 0 fully saturated rings. The number of nitriles is 1. The minimum Gasteiger partial charge on any atom is -0.359 e. The first-order valence-corrected chi connectivity index (χ1v) is 7.48. The predicted molar refractivity (Wildman–Crippen MR) is 78.7 cm³/mol. The van der Waals surface area contributed by atoms with Crippen molar-refractivity contribution in [3.05, 3.63) is 45.7 Å². The zero-order chi connectivity index (χ0) is 12.3. The zero-order valence-corrected chi connectivity index (χ0v) is 11.6. The molecule has 0 amide bonds. The number of nitrogens with one attached hydrogen (secondary N) is 1. The van der Waals surface area contributed by atoms with Gasteiger partial charge in [-0.15, -0.1) is 11.8 Å².